The van der Waals surface area contributed by atoms with Crippen LogP contribution in [0.3, 0.4) is 0 Å². The third-order valence-corrected chi connectivity index (χ3v) is 5.94. The van der Waals surface area contributed by atoms with Crippen molar-refractivity contribution in [3.05, 3.63) is 70.5 Å². The Balaban J connectivity index is 1.98. The highest BCUT2D eigenvalue weighted by Gasteiger charge is 2.23. The van der Waals surface area contributed by atoms with E-state index in [-0.39, 0.29) is 5.69 Å². The molecule has 0 spiro atoms. The molecule has 4 aromatic rings. The number of nitrogens with zero attached hydrogens (tertiary/aromatic N) is 3. The number of aryl methyl sites for hydroxylation is 1. The summed E-state index contributed by atoms with van der Waals surface area (Å²) < 4.78 is 12.5. The van der Waals surface area contributed by atoms with Gasteiger partial charge in [-0.25, -0.2) is 14.8 Å². The van der Waals surface area contributed by atoms with Gasteiger partial charge in [-0.2, -0.15) is 0 Å². The van der Waals surface area contributed by atoms with Crippen LogP contribution in [0.15, 0.2) is 48.7 Å². The summed E-state index contributed by atoms with van der Waals surface area (Å²) in [5.74, 6) is 0.393. The molecule has 6 nitrogen and oxygen atoms in total. The Hall–Kier alpha value is -2.95. The first-order valence-corrected chi connectivity index (χ1v) is 10.5. The van der Waals surface area contributed by atoms with Crippen molar-refractivity contribution in [3.63, 3.8) is 0 Å². The van der Waals surface area contributed by atoms with Gasteiger partial charge in [0.05, 0.1) is 24.6 Å². The maximum absolute atomic E-state index is 12.6. The predicted octanol–water partition coefficient (Wildman–Crippen LogP) is 4.40. The molecule has 0 saturated carbocycles. The number of carbonyl (C=O) groups is 1. The van der Waals surface area contributed by atoms with Crippen LogP contribution in [0.1, 0.15) is 21.6 Å². The Morgan fingerprint density at radius 3 is 2.55 bits per heavy atom. The topological polar surface area (TPSA) is 66.2 Å². The van der Waals surface area contributed by atoms with Gasteiger partial charge in [0, 0.05) is 23.6 Å². The summed E-state index contributed by atoms with van der Waals surface area (Å²) in [5, 5.41) is 1.87. The van der Waals surface area contributed by atoms with Crippen molar-refractivity contribution in [1.29, 1.82) is 0 Å². The highest BCUT2D eigenvalue weighted by Crippen LogP contribution is 2.31. The smallest absolute Gasteiger partial charge is 0.357 e. The second-order valence-electron chi connectivity index (χ2n) is 7.05. The molecule has 4 rings (SSSR count). The van der Waals surface area contributed by atoms with E-state index in [9.17, 15) is 4.79 Å². The van der Waals surface area contributed by atoms with Crippen LogP contribution in [0.5, 0.6) is 5.75 Å². The summed E-state index contributed by atoms with van der Waals surface area (Å²) in [6.45, 7) is 2.55. The zero-order chi connectivity index (χ0) is 22.1. The first-order valence-electron chi connectivity index (χ1n) is 9.56. The molecular weight excluding hydrogens is 433 g/mol. The van der Waals surface area contributed by atoms with Gasteiger partial charge in [-0.1, -0.05) is 41.9 Å². The number of hydrogen-bond acceptors (Lipinski definition) is 5. The Labute approximate surface area is 187 Å². The van der Waals surface area contributed by atoms with Crippen molar-refractivity contribution in [1.82, 2.24) is 14.5 Å². The van der Waals surface area contributed by atoms with Crippen LogP contribution in [0, 0.1) is 6.92 Å². The molecule has 0 aliphatic rings. The minimum absolute atomic E-state index is 0.227. The van der Waals surface area contributed by atoms with Gasteiger partial charge in [0.15, 0.2) is 11.5 Å². The molecule has 1 unspecified atom stereocenters. The average Bonchev–Trinajstić information content (AvgIpc) is 3.09. The van der Waals surface area contributed by atoms with Crippen LogP contribution in [0.4, 0.5) is 0 Å². The predicted molar refractivity (Wildman–Crippen MR) is 125 cm³/mol. The number of methoxy groups -OCH3 is 2. The molecule has 1 atom stereocenters. The number of halogens is 1. The molecule has 31 heavy (non-hydrogen) atoms. The molecule has 0 aliphatic heterocycles. The number of ether oxygens (including phenoxy) is 2. The lowest BCUT2D eigenvalue weighted by Gasteiger charge is -2.13. The van der Waals surface area contributed by atoms with Gasteiger partial charge in [0.25, 0.3) is 0 Å². The Morgan fingerprint density at radius 2 is 1.87 bits per heavy atom. The van der Waals surface area contributed by atoms with E-state index >= 15 is 0 Å². The number of esters is 1. The van der Waals surface area contributed by atoms with Crippen molar-refractivity contribution in [2.24, 2.45) is 0 Å². The second-order valence-corrected chi connectivity index (χ2v) is 8.04. The number of fused-ring (bicyclic) bond motifs is 1. The van der Waals surface area contributed by atoms with Crippen molar-refractivity contribution < 1.29 is 14.3 Å². The van der Waals surface area contributed by atoms with Crippen LogP contribution < -0.4 is 10.0 Å². The second kappa shape index (κ2) is 8.66. The van der Waals surface area contributed by atoms with E-state index in [0.29, 0.717) is 45.0 Å². The van der Waals surface area contributed by atoms with Gasteiger partial charge in [0.1, 0.15) is 11.4 Å². The maximum Gasteiger partial charge on any atom is 0.357 e. The zero-order valence-corrected chi connectivity index (χ0v) is 19.3. The van der Waals surface area contributed by atoms with Crippen molar-refractivity contribution in [2.45, 2.75) is 13.5 Å². The lowest BCUT2D eigenvalue weighted by atomic mass is 10.1. The van der Waals surface area contributed by atoms with Crippen LogP contribution in [-0.2, 0) is 11.3 Å². The third-order valence-electron chi connectivity index (χ3n) is 5.07. The maximum atomic E-state index is 12.6. The lowest BCUT2D eigenvalue weighted by Crippen LogP contribution is -2.11. The molecule has 8 heteroatoms. The molecule has 2 heterocycles. The van der Waals surface area contributed by atoms with Gasteiger partial charge < -0.3 is 14.0 Å². The lowest BCUT2D eigenvalue weighted by molar-refractivity contribution is 0.0596. The van der Waals surface area contributed by atoms with Crippen molar-refractivity contribution >= 4 is 43.1 Å². The Bertz CT molecular complexity index is 1290. The first kappa shape index (κ1) is 21.3. The van der Waals surface area contributed by atoms with Crippen molar-refractivity contribution in [3.8, 4) is 17.1 Å². The highest BCUT2D eigenvalue weighted by molar-refractivity contribution is 7.28. The summed E-state index contributed by atoms with van der Waals surface area (Å²) in [4.78, 5) is 22.0. The fourth-order valence-electron chi connectivity index (χ4n) is 3.62. The number of aromatic nitrogens is 3. The summed E-state index contributed by atoms with van der Waals surface area (Å²) in [6, 6.07) is 13.6. The van der Waals surface area contributed by atoms with Gasteiger partial charge in [-0.3, -0.25) is 0 Å². The first-order chi connectivity index (χ1) is 14.9. The molecule has 0 fully saturated rings. The van der Waals surface area contributed by atoms with E-state index in [4.69, 9.17) is 26.1 Å². The summed E-state index contributed by atoms with van der Waals surface area (Å²) >= 11 is 6.25. The van der Waals surface area contributed by atoms with Crippen molar-refractivity contribution in [2.75, 3.05) is 14.2 Å². The van der Waals surface area contributed by atoms with E-state index in [1.807, 2.05) is 42.0 Å². The Morgan fingerprint density at radius 1 is 1.13 bits per heavy atom. The summed E-state index contributed by atoms with van der Waals surface area (Å²) in [6.07, 6.45) is 1.98. The van der Waals surface area contributed by atoms with Crippen LogP contribution in [-0.4, -0.2) is 34.7 Å². The monoisotopic (exact) mass is 453 g/mol. The SMILES string of the molecule is COC(=O)c1nc(-c2ccc(Cl)c(OC)c2P)nc2c1c(C)cn2Cc1ccccc1. The van der Waals surface area contributed by atoms with Crippen LogP contribution in [0.25, 0.3) is 22.4 Å². The molecule has 0 aliphatic carbocycles. The van der Waals surface area contributed by atoms with Crippen LogP contribution >= 0.6 is 20.8 Å². The van der Waals surface area contributed by atoms with E-state index < -0.39 is 5.97 Å². The zero-order valence-electron chi connectivity index (χ0n) is 17.3. The number of hydrogen-bond donors (Lipinski definition) is 0. The standard InChI is InChI=1S/C23H21ClN3O3P/c1-13-11-27(12-14-7-5-4-6-8-14)22-17(13)18(23(28)30-3)25-21(26-22)15-9-10-16(24)19(29-2)20(15)31/h4-11H,12,31H2,1-3H3. The number of benzene rings is 2. The molecule has 0 bridgehead atoms. The molecule has 0 N–H and O–H groups in total. The highest BCUT2D eigenvalue weighted by atomic mass is 35.5. The van der Waals surface area contributed by atoms with E-state index in [1.165, 1.54) is 7.11 Å². The molecule has 2 aromatic heterocycles. The number of carbonyl (C=O) groups excluding carboxylic acids is 1. The molecule has 0 amide bonds. The largest absolute Gasteiger partial charge is 0.495 e. The van der Waals surface area contributed by atoms with Gasteiger partial charge >= 0.3 is 5.97 Å². The van der Waals surface area contributed by atoms with Gasteiger partial charge in [-0.05, 0) is 30.2 Å². The van der Waals surface area contributed by atoms with Gasteiger partial charge in [-0.15, -0.1) is 9.24 Å². The van der Waals surface area contributed by atoms with Gasteiger partial charge in [0.2, 0.25) is 0 Å². The average molecular weight is 454 g/mol. The van der Waals surface area contributed by atoms with Crippen LogP contribution in [0.2, 0.25) is 5.02 Å². The third kappa shape index (κ3) is 3.89. The van der Waals surface area contributed by atoms with E-state index in [0.717, 1.165) is 11.1 Å². The molecule has 158 valence electrons. The quantitative estimate of drug-likeness (QED) is 0.331. The fraction of sp³-hybridized carbons (Fsp3) is 0.174. The molecule has 2 aromatic carbocycles. The Kier molecular flexibility index (Phi) is 5.94. The fourth-order valence-corrected chi connectivity index (χ4v) is 4.45. The minimum atomic E-state index is -0.513. The number of rotatable bonds is 5. The minimum Gasteiger partial charge on any atom is -0.495 e. The molecular formula is C23H21ClN3O3P. The summed E-state index contributed by atoms with van der Waals surface area (Å²) in [5.41, 5.74) is 3.61. The summed E-state index contributed by atoms with van der Waals surface area (Å²) in [7, 11) is 5.52. The normalized spacial score (nSPS) is 11.0. The molecule has 0 radical (unpaired) electrons. The molecule has 0 saturated heterocycles. The van der Waals surface area contributed by atoms with E-state index in [2.05, 4.69) is 26.4 Å². The van der Waals surface area contributed by atoms with E-state index in [1.54, 1.807) is 13.2 Å².